The molecule has 2 heteroatoms. The molecule has 3 unspecified atom stereocenters. The molecule has 3 N–H and O–H groups in total. The molecule has 0 saturated heterocycles. The summed E-state index contributed by atoms with van der Waals surface area (Å²) in [4.78, 5) is 0. The highest BCUT2D eigenvalue weighted by Gasteiger charge is 2.50. The van der Waals surface area contributed by atoms with Gasteiger partial charge in [-0.25, -0.2) is 0 Å². The highest BCUT2D eigenvalue weighted by molar-refractivity contribution is 5.02. The van der Waals surface area contributed by atoms with Crippen molar-refractivity contribution in [3.05, 3.63) is 0 Å². The molecule has 1 saturated carbocycles. The van der Waals surface area contributed by atoms with Crippen molar-refractivity contribution in [2.75, 3.05) is 6.54 Å². The van der Waals surface area contributed by atoms with Crippen molar-refractivity contribution < 1.29 is 5.11 Å². The first-order valence-electron chi connectivity index (χ1n) is 6.46. The summed E-state index contributed by atoms with van der Waals surface area (Å²) in [7, 11) is 0. The van der Waals surface area contributed by atoms with E-state index in [2.05, 4.69) is 20.8 Å². The summed E-state index contributed by atoms with van der Waals surface area (Å²) in [6.07, 6.45) is 6.21. The number of rotatable bonds is 5. The van der Waals surface area contributed by atoms with Crippen molar-refractivity contribution in [2.24, 2.45) is 17.1 Å². The molecule has 0 heterocycles. The van der Waals surface area contributed by atoms with Crippen LogP contribution in [0, 0.1) is 11.3 Å². The summed E-state index contributed by atoms with van der Waals surface area (Å²) in [5.74, 6) is 0.725. The molecule has 0 aromatic carbocycles. The van der Waals surface area contributed by atoms with E-state index in [1.165, 1.54) is 6.42 Å². The van der Waals surface area contributed by atoms with Crippen LogP contribution in [0.3, 0.4) is 0 Å². The SMILES string of the molecule is CCCC(O)(CC)C1(CN)CCC(C)C1. The Morgan fingerprint density at radius 3 is 2.47 bits per heavy atom. The fraction of sp³-hybridized carbons (Fsp3) is 1.00. The lowest BCUT2D eigenvalue weighted by molar-refractivity contribution is -0.0894. The Labute approximate surface area is 94.2 Å². The van der Waals surface area contributed by atoms with E-state index in [0.717, 1.165) is 38.0 Å². The van der Waals surface area contributed by atoms with Gasteiger partial charge in [0.2, 0.25) is 0 Å². The molecular formula is C13H27NO. The van der Waals surface area contributed by atoms with Gasteiger partial charge in [-0.3, -0.25) is 0 Å². The van der Waals surface area contributed by atoms with Crippen molar-refractivity contribution in [3.63, 3.8) is 0 Å². The fourth-order valence-corrected chi connectivity index (χ4v) is 3.42. The van der Waals surface area contributed by atoms with Crippen LogP contribution in [0.5, 0.6) is 0 Å². The summed E-state index contributed by atoms with van der Waals surface area (Å²) in [5.41, 5.74) is 5.43. The fourth-order valence-electron chi connectivity index (χ4n) is 3.42. The first kappa shape index (κ1) is 13.0. The van der Waals surface area contributed by atoms with Crippen molar-refractivity contribution in [2.45, 2.75) is 64.9 Å². The van der Waals surface area contributed by atoms with Gasteiger partial charge >= 0.3 is 0 Å². The van der Waals surface area contributed by atoms with Crippen molar-refractivity contribution in [3.8, 4) is 0 Å². The Morgan fingerprint density at radius 2 is 2.13 bits per heavy atom. The van der Waals surface area contributed by atoms with Gasteiger partial charge in [-0.05, 0) is 31.6 Å². The summed E-state index contributed by atoms with van der Waals surface area (Å²) >= 11 is 0. The van der Waals surface area contributed by atoms with Gasteiger partial charge in [-0.15, -0.1) is 0 Å². The second kappa shape index (κ2) is 4.84. The summed E-state index contributed by atoms with van der Waals surface area (Å²) in [6, 6.07) is 0. The van der Waals surface area contributed by atoms with E-state index in [-0.39, 0.29) is 5.41 Å². The maximum atomic E-state index is 10.8. The first-order valence-corrected chi connectivity index (χ1v) is 6.46. The number of nitrogens with two attached hydrogens (primary N) is 1. The van der Waals surface area contributed by atoms with Crippen LogP contribution in [-0.2, 0) is 0 Å². The minimum Gasteiger partial charge on any atom is -0.389 e. The number of hydrogen-bond donors (Lipinski definition) is 2. The zero-order valence-electron chi connectivity index (χ0n) is 10.6. The van der Waals surface area contributed by atoms with Crippen LogP contribution in [0.15, 0.2) is 0 Å². The predicted molar refractivity (Wildman–Crippen MR) is 64.7 cm³/mol. The molecule has 0 bridgehead atoms. The molecule has 3 atom stereocenters. The van der Waals surface area contributed by atoms with Crippen LogP contribution >= 0.6 is 0 Å². The van der Waals surface area contributed by atoms with E-state index >= 15 is 0 Å². The van der Waals surface area contributed by atoms with Gasteiger partial charge < -0.3 is 10.8 Å². The Bertz CT molecular complexity index is 207. The van der Waals surface area contributed by atoms with Crippen LogP contribution in [0.1, 0.15) is 59.3 Å². The maximum Gasteiger partial charge on any atom is 0.0713 e. The van der Waals surface area contributed by atoms with E-state index in [4.69, 9.17) is 5.73 Å². The van der Waals surface area contributed by atoms with Gasteiger partial charge in [0, 0.05) is 12.0 Å². The normalized spacial score (nSPS) is 35.4. The monoisotopic (exact) mass is 213 g/mol. The Balaban J connectivity index is 2.87. The number of hydrogen-bond acceptors (Lipinski definition) is 2. The summed E-state index contributed by atoms with van der Waals surface area (Å²) < 4.78 is 0. The molecule has 1 rings (SSSR count). The van der Waals surface area contributed by atoms with Gasteiger partial charge in [0.15, 0.2) is 0 Å². The van der Waals surface area contributed by atoms with Crippen LogP contribution in [0.4, 0.5) is 0 Å². The lowest BCUT2D eigenvalue weighted by Crippen LogP contribution is -2.51. The quantitative estimate of drug-likeness (QED) is 0.737. The first-order chi connectivity index (χ1) is 7.03. The topological polar surface area (TPSA) is 46.2 Å². The zero-order valence-corrected chi connectivity index (χ0v) is 10.6. The van der Waals surface area contributed by atoms with Crippen LogP contribution < -0.4 is 5.73 Å². The van der Waals surface area contributed by atoms with E-state index < -0.39 is 5.60 Å². The van der Waals surface area contributed by atoms with Crippen molar-refractivity contribution in [1.29, 1.82) is 0 Å². The van der Waals surface area contributed by atoms with E-state index in [0.29, 0.717) is 6.54 Å². The molecule has 90 valence electrons. The third-order valence-electron chi connectivity index (χ3n) is 4.48. The molecule has 0 radical (unpaired) electrons. The zero-order chi connectivity index (χ0) is 11.5. The van der Waals surface area contributed by atoms with E-state index in [1.807, 2.05) is 0 Å². The van der Waals surface area contributed by atoms with E-state index in [9.17, 15) is 5.11 Å². The number of aliphatic hydroxyl groups is 1. The molecule has 1 aliphatic carbocycles. The second-order valence-corrected chi connectivity index (χ2v) is 5.47. The molecule has 0 spiro atoms. The minimum absolute atomic E-state index is 0.00280. The largest absolute Gasteiger partial charge is 0.389 e. The molecule has 15 heavy (non-hydrogen) atoms. The van der Waals surface area contributed by atoms with Crippen molar-refractivity contribution in [1.82, 2.24) is 0 Å². The second-order valence-electron chi connectivity index (χ2n) is 5.47. The van der Waals surface area contributed by atoms with Gasteiger partial charge in [0.25, 0.3) is 0 Å². The van der Waals surface area contributed by atoms with E-state index in [1.54, 1.807) is 0 Å². The summed E-state index contributed by atoms with van der Waals surface area (Å²) in [5, 5.41) is 10.8. The molecule has 0 aromatic heterocycles. The van der Waals surface area contributed by atoms with Crippen molar-refractivity contribution >= 4 is 0 Å². The minimum atomic E-state index is -0.527. The molecule has 1 fully saturated rings. The molecule has 2 nitrogen and oxygen atoms in total. The molecule has 1 aliphatic rings. The summed E-state index contributed by atoms with van der Waals surface area (Å²) in [6.45, 7) is 7.15. The Hall–Kier alpha value is -0.0800. The lowest BCUT2D eigenvalue weighted by atomic mass is 9.66. The molecular weight excluding hydrogens is 186 g/mol. The van der Waals surface area contributed by atoms with Crippen LogP contribution in [-0.4, -0.2) is 17.3 Å². The van der Waals surface area contributed by atoms with Gasteiger partial charge in [-0.2, -0.15) is 0 Å². The van der Waals surface area contributed by atoms with Gasteiger partial charge in [-0.1, -0.05) is 33.6 Å². The molecule has 0 aromatic rings. The third kappa shape index (κ3) is 2.21. The predicted octanol–water partition coefficient (Wildman–Crippen LogP) is 2.69. The smallest absolute Gasteiger partial charge is 0.0713 e. The van der Waals surface area contributed by atoms with Gasteiger partial charge in [0.1, 0.15) is 0 Å². The lowest BCUT2D eigenvalue weighted by Gasteiger charge is -2.44. The third-order valence-corrected chi connectivity index (χ3v) is 4.48. The average molecular weight is 213 g/mol. The molecule has 0 aliphatic heterocycles. The highest BCUT2D eigenvalue weighted by Crippen LogP contribution is 2.51. The maximum absolute atomic E-state index is 10.8. The Kier molecular flexibility index (Phi) is 4.19. The molecule has 0 amide bonds. The van der Waals surface area contributed by atoms with Crippen LogP contribution in [0.2, 0.25) is 0 Å². The Morgan fingerprint density at radius 1 is 1.47 bits per heavy atom. The van der Waals surface area contributed by atoms with Crippen LogP contribution in [0.25, 0.3) is 0 Å². The van der Waals surface area contributed by atoms with Gasteiger partial charge in [0.05, 0.1) is 5.60 Å². The standard InChI is InChI=1S/C13H27NO/c1-4-7-13(15,5-2)12(10-14)8-6-11(3)9-12/h11,15H,4-10,14H2,1-3H3. The highest BCUT2D eigenvalue weighted by atomic mass is 16.3. The average Bonchev–Trinajstić information content (AvgIpc) is 2.62.